The van der Waals surface area contributed by atoms with Gasteiger partial charge in [0.05, 0.1) is 16.1 Å². The monoisotopic (exact) mass is 538 g/mol. The van der Waals surface area contributed by atoms with Crippen molar-refractivity contribution in [2.24, 2.45) is 0 Å². The Morgan fingerprint density at radius 3 is 2.27 bits per heavy atom. The number of halogens is 2. The highest BCUT2D eigenvalue weighted by Gasteiger charge is 2.38. The van der Waals surface area contributed by atoms with Crippen LogP contribution in [-0.4, -0.2) is 29.3 Å². The predicted molar refractivity (Wildman–Crippen MR) is 134 cm³/mol. The van der Waals surface area contributed by atoms with Crippen molar-refractivity contribution in [3.8, 4) is 0 Å². The molecular weight excluding hydrogens is 524 g/mol. The third-order valence-corrected chi connectivity index (χ3v) is 7.68. The van der Waals surface area contributed by atoms with Crippen LogP contribution in [0.3, 0.4) is 0 Å². The van der Waals surface area contributed by atoms with Gasteiger partial charge in [-0.3, -0.25) is 24.2 Å². The molecule has 33 heavy (non-hydrogen) atoms. The molecule has 4 aromatic rings. The molecule has 1 aliphatic rings. The predicted octanol–water partition coefficient (Wildman–Crippen LogP) is 6.53. The summed E-state index contributed by atoms with van der Waals surface area (Å²) in [7, 11) is 0. The summed E-state index contributed by atoms with van der Waals surface area (Å²) in [6, 6.07) is 19.6. The highest BCUT2D eigenvalue weighted by Crippen LogP contribution is 2.38. The summed E-state index contributed by atoms with van der Waals surface area (Å²) in [5.74, 6) is -1.23. The second-order valence-electron chi connectivity index (χ2n) is 7.68. The van der Waals surface area contributed by atoms with Crippen molar-refractivity contribution in [1.29, 1.82) is 0 Å². The fourth-order valence-electron chi connectivity index (χ4n) is 3.80. The van der Waals surface area contributed by atoms with E-state index >= 15 is 0 Å². The number of hydrogen-bond acceptors (Lipinski definition) is 4. The molecule has 5 rings (SSSR count). The van der Waals surface area contributed by atoms with E-state index in [1.54, 1.807) is 36.4 Å². The maximum absolute atomic E-state index is 13.8. The molecule has 0 saturated heterocycles. The Bertz CT molecular complexity index is 1410. The van der Waals surface area contributed by atoms with Crippen LogP contribution in [0.4, 0.5) is 5.69 Å². The van der Waals surface area contributed by atoms with Gasteiger partial charge in [0.15, 0.2) is 0 Å². The van der Waals surface area contributed by atoms with Gasteiger partial charge in [0, 0.05) is 20.2 Å². The zero-order valence-corrected chi connectivity index (χ0v) is 20.5. The van der Waals surface area contributed by atoms with E-state index in [1.807, 2.05) is 37.3 Å². The van der Waals surface area contributed by atoms with Gasteiger partial charge in [-0.2, -0.15) is 0 Å². The van der Waals surface area contributed by atoms with Crippen molar-refractivity contribution in [1.82, 2.24) is 4.90 Å². The molecule has 164 valence electrons. The molecule has 1 aliphatic heterocycles. The van der Waals surface area contributed by atoms with Crippen molar-refractivity contribution < 1.29 is 14.4 Å². The van der Waals surface area contributed by atoms with Gasteiger partial charge in [-0.25, -0.2) is 0 Å². The minimum absolute atomic E-state index is 0.220. The Hall–Kier alpha value is -3.00. The SMILES string of the molecule is Cc1ccc(N(CN2C(=O)c3ccccc3C2=O)C(=O)c2sc3cc(Br)ccc3c2Cl)cc1. The zero-order chi connectivity index (χ0) is 23.3. The molecule has 8 heteroatoms. The van der Waals surface area contributed by atoms with Gasteiger partial charge in [-0.1, -0.05) is 63.4 Å². The molecule has 0 atom stereocenters. The van der Waals surface area contributed by atoms with E-state index in [9.17, 15) is 14.4 Å². The van der Waals surface area contributed by atoms with Crippen LogP contribution in [0, 0.1) is 6.92 Å². The molecule has 0 radical (unpaired) electrons. The second kappa shape index (κ2) is 8.41. The molecular formula is C25H16BrClN2O3S. The van der Waals surface area contributed by atoms with E-state index in [0.717, 1.165) is 25.0 Å². The average Bonchev–Trinajstić information content (AvgIpc) is 3.26. The van der Waals surface area contributed by atoms with Crippen molar-refractivity contribution in [2.45, 2.75) is 6.92 Å². The summed E-state index contributed by atoms with van der Waals surface area (Å²) >= 11 is 11.3. The van der Waals surface area contributed by atoms with Crippen LogP contribution in [0.25, 0.3) is 10.1 Å². The summed E-state index contributed by atoms with van der Waals surface area (Å²) in [5, 5.41) is 1.13. The van der Waals surface area contributed by atoms with Gasteiger partial charge >= 0.3 is 0 Å². The maximum Gasteiger partial charge on any atom is 0.271 e. The summed E-state index contributed by atoms with van der Waals surface area (Å²) < 4.78 is 1.75. The fraction of sp³-hybridized carbons (Fsp3) is 0.0800. The number of anilines is 1. The molecule has 3 amide bonds. The molecule has 0 fully saturated rings. The quantitative estimate of drug-likeness (QED) is 0.277. The van der Waals surface area contributed by atoms with Crippen LogP contribution in [0.15, 0.2) is 71.2 Å². The fourth-order valence-corrected chi connectivity index (χ4v) is 5.81. The normalized spacial score (nSPS) is 13.0. The van der Waals surface area contributed by atoms with E-state index in [2.05, 4.69) is 15.9 Å². The van der Waals surface area contributed by atoms with Gasteiger partial charge < -0.3 is 0 Å². The molecule has 0 saturated carbocycles. The number of hydrogen-bond donors (Lipinski definition) is 0. The van der Waals surface area contributed by atoms with Gasteiger partial charge in [0.1, 0.15) is 11.5 Å². The third-order valence-electron chi connectivity index (χ3n) is 5.54. The molecule has 2 heterocycles. The molecule has 0 N–H and O–H groups in total. The van der Waals surface area contributed by atoms with Crippen molar-refractivity contribution >= 4 is 72.4 Å². The third kappa shape index (κ3) is 3.76. The van der Waals surface area contributed by atoms with E-state index in [1.165, 1.54) is 16.2 Å². The molecule has 3 aromatic carbocycles. The largest absolute Gasteiger partial charge is 0.289 e. The number of thiophene rings is 1. The Balaban J connectivity index is 1.57. The van der Waals surface area contributed by atoms with Crippen LogP contribution in [0.1, 0.15) is 36.0 Å². The Kier molecular flexibility index (Phi) is 5.56. The van der Waals surface area contributed by atoms with Crippen molar-refractivity contribution in [3.63, 3.8) is 0 Å². The van der Waals surface area contributed by atoms with E-state index < -0.39 is 11.8 Å². The molecule has 0 bridgehead atoms. The van der Waals surface area contributed by atoms with Crippen LogP contribution < -0.4 is 4.90 Å². The number of fused-ring (bicyclic) bond motifs is 2. The minimum Gasteiger partial charge on any atom is -0.289 e. The number of carbonyl (C=O) groups is 3. The van der Waals surface area contributed by atoms with Crippen molar-refractivity contribution in [3.05, 3.63) is 97.8 Å². The average molecular weight is 540 g/mol. The number of amides is 3. The van der Waals surface area contributed by atoms with E-state index in [-0.39, 0.29) is 12.6 Å². The number of rotatable bonds is 4. The number of aryl methyl sites for hydroxylation is 1. The first-order valence-corrected chi connectivity index (χ1v) is 12.0. The molecule has 0 aliphatic carbocycles. The zero-order valence-electron chi connectivity index (χ0n) is 17.3. The van der Waals surface area contributed by atoms with Crippen LogP contribution in [-0.2, 0) is 0 Å². The highest BCUT2D eigenvalue weighted by atomic mass is 79.9. The second-order valence-corrected chi connectivity index (χ2v) is 10.0. The first kappa shape index (κ1) is 21.8. The number of nitrogens with zero attached hydrogens (tertiary/aromatic N) is 2. The summed E-state index contributed by atoms with van der Waals surface area (Å²) in [4.78, 5) is 42.6. The Morgan fingerprint density at radius 2 is 1.64 bits per heavy atom. The van der Waals surface area contributed by atoms with Crippen LogP contribution in [0.2, 0.25) is 5.02 Å². The maximum atomic E-state index is 13.8. The van der Waals surface area contributed by atoms with E-state index in [0.29, 0.717) is 26.7 Å². The summed E-state index contributed by atoms with van der Waals surface area (Å²) in [5.41, 5.74) is 2.26. The van der Waals surface area contributed by atoms with Gasteiger partial charge in [-0.15, -0.1) is 11.3 Å². The van der Waals surface area contributed by atoms with Gasteiger partial charge in [0.25, 0.3) is 17.7 Å². The highest BCUT2D eigenvalue weighted by molar-refractivity contribution is 9.10. The topological polar surface area (TPSA) is 57.7 Å². The summed E-state index contributed by atoms with van der Waals surface area (Å²) in [6.45, 7) is 1.73. The van der Waals surface area contributed by atoms with Crippen LogP contribution >= 0.6 is 38.9 Å². The first-order chi connectivity index (χ1) is 15.8. The lowest BCUT2D eigenvalue weighted by molar-refractivity contribution is 0.0650. The lowest BCUT2D eigenvalue weighted by Gasteiger charge is -2.27. The first-order valence-electron chi connectivity index (χ1n) is 10.1. The number of benzene rings is 3. The van der Waals surface area contributed by atoms with Gasteiger partial charge in [0.2, 0.25) is 0 Å². The van der Waals surface area contributed by atoms with E-state index in [4.69, 9.17) is 11.6 Å². The van der Waals surface area contributed by atoms with Crippen LogP contribution in [0.5, 0.6) is 0 Å². The Labute approximate surface area is 207 Å². The number of carbonyl (C=O) groups excluding carboxylic acids is 3. The number of imide groups is 1. The molecule has 0 unspecified atom stereocenters. The lowest BCUT2D eigenvalue weighted by atomic mass is 10.1. The summed E-state index contributed by atoms with van der Waals surface area (Å²) in [6.07, 6.45) is 0. The van der Waals surface area contributed by atoms with Gasteiger partial charge in [-0.05, 0) is 43.3 Å². The lowest BCUT2D eigenvalue weighted by Crippen LogP contribution is -2.44. The Morgan fingerprint density at radius 1 is 1.00 bits per heavy atom. The van der Waals surface area contributed by atoms with Crippen molar-refractivity contribution in [2.75, 3.05) is 11.6 Å². The molecule has 1 aromatic heterocycles. The molecule has 0 spiro atoms. The molecule has 5 nitrogen and oxygen atoms in total. The smallest absolute Gasteiger partial charge is 0.271 e. The minimum atomic E-state index is -0.424. The standard InChI is InChI=1S/C25H16BrClN2O3S/c1-14-6-9-16(10-7-14)28(13-29-23(30)17-4-2-3-5-18(17)24(29)31)25(32)22-21(27)19-11-8-15(26)12-20(19)33-22/h2-12H,13H2,1H3.